The zero-order valence-electron chi connectivity index (χ0n) is 19.0. The Hall–Kier alpha value is -2.60. The minimum atomic E-state index is -2.64. The first-order chi connectivity index (χ1) is 15.3. The van der Waals surface area contributed by atoms with Crippen molar-refractivity contribution in [1.82, 2.24) is 4.72 Å². The van der Waals surface area contributed by atoms with Crippen LogP contribution in [-0.4, -0.2) is 39.2 Å². The van der Waals surface area contributed by atoms with E-state index in [4.69, 9.17) is 14.4 Å². The van der Waals surface area contributed by atoms with E-state index in [1.165, 1.54) is 10.4 Å². The van der Waals surface area contributed by atoms with Gasteiger partial charge in [0.15, 0.2) is 0 Å². The molecule has 1 amide bonds. The lowest BCUT2D eigenvalue weighted by atomic mass is 10.2. The molecule has 0 saturated heterocycles. The smallest absolute Gasteiger partial charge is 0.333 e. The summed E-state index contributed by atoms with van der Waals surface area (Å²) in [7, 11) is -2.64. The van der Waals surface area contributed by atoms with E-state index in [0.29, 0.717) is 12.4 Å². The van der Waals surface area contributed by atoms with Crippen molar-refractivity contribution in [1.29, 1.82) is 5.26 Å². The molecule has 0 bridgehead atoms. The zero-order valence-corrected chi connectivity index (χ0v) is 20.8. The van der Waals surface area contributed by atoms with Crippen LogP contribution in [0.1, 0.15) is 27.7 Å². The normalized spacial score (nSPS) is 12.5. The highest BCUT2D eigenvalue weighted by Gasteiger charge is 2.49. The molecule has 8 heteroatoms. The molecule has 0 heterocycles. The molecule has 0 aliphatic heterocycles. The fourth-order valence-electron chi connectivity index (χ4n) is 3.62. The van der Waals surface area contributed by atoms with Crippen LogP contribution in [0.2, 0.25) is 5.04 Å². The van der Waals surface area contributed by atoms with Gasteiger partial charge in [0, 0.05) is 12.4 Å². The Morgan fingerprint density at radius 2 is 1.59 bits per heavy atom. The van der Waals surface area contributed by atoms with Gasteiger partial charge in [-0.3, -0.25) is 14.3 Å². The standard InChI is InChI=1S/C24H30N2O4SSi/c1-5-29-23(28)21(18-25)22(27)26-31-17-16-30-32(24(2,3)4,19-12-8-6-9-13-19)20-14-10-7-11-15-20/h6-15,21H,5,16-17H2,1-4H3,(H,26,27). The highest BCUT2D eigenvalue weighted by molar-refractivity contribution is 7.97. The first-order valence-corrected chi connectivity index (χ1v) is 13.4. The van der Waals surface area contributed by atoms with Crippen LogP contribution in [0.5, 0.6) is 0 Å². The minimum Gasteiger partial charge on any atom is -0.465 e. The number of nitrogens with zero attached hydrogens (tertiary/aromatic N) is 1. The summed E-state index contributed by atoms with van der Waals surface area (Å²) < 4.78 is 14.1. The minimum absolute atomic E-state index is 0.115. The molecular formula is C24H30N2O4SSi. The van der Waals surface area contributed by atoms with Crippen LogP contribution >= 0.6 is 11.9 Å². The molecule has 0 aliphatic rings. The van der Waals surface area contributed by atoms with E-state index in [1.54, 1.807) is 13.0 Å². The first-order valence-electron chi connectivity index (χ1n) is 10.5. The number of ether oxygens (including phenoxy) is 1. The highest BCUT2D eigenvalue weighted by Crippen LogP contribution is 2.36. The van der Waals surface area contributed by atoms with E-state index in [9.17, 15) is 9.59 Å². The van der Waals surface area contributed by atoms with Gasteiger partial charge in [0.1, 0.15) is 0 Å². The third-order valence-electron chi connectivity index (χ3n) is 5.01. The average Bonchev–Trinajstić information content (AvgIpc) is 2.77. The van der Waals surface area contributed by atoms with Crippen LogP contribution in [0.3, 0.4) is 0 Å². The van der Waals surface area contributed by atoms with Gasteiger partial charge < -0.3 is 9.16 Å². The van der Waals surface area contributed by atoms with E-state index < -0.39 is 26.1 Å². The maximum atomic E-state index is 12.2. The summed E-state index contributed by atoms with van der Waals surface area (Å²) in [6, 6.07) is 22.3. The Kier molecular flexibility index (Phi) is 9.51. The third kappa shape index (κ3) is 6.00. The van der Waals surface area contributed by atoms with E-state index in [2.05, 4.69) is 49.8 Å². The molecule has 0 spiro atoms. The van der Waals surface area contributed by atoms with Gasteiger partial charge in [0.2, 0.25) is 5.92 Å². The van der Waals surface area contributed by atoms with Gasteiger partial charge in [-0.25, -0.2) is 0 Å². The maximum absolute atomic E-state index is 12.2. The molecule has 6 nitrogen and oxygen atoms in total. The van der Waals surface area contributed by atoms with Gasteiger partial charge in [-0.1, -0.05) is 81.4 Å². The molecule has 1 atom stereocenters. The van der Waals surface area contributed by atoms with Crippen LogP contribution in [-0.2, 0) is 18.8 Å². The quantitative estimate of drug-likeness (QED) is 0.189. The molecule has 0 aliphatic carbocycles. The lowest BCUT2D eigenvalue weighted by molar-refractivity contribution is -0.149. The summed E-state index contributed by atoms with van der Waals surface area (Å²) in [4.78, 5) is 23.9. The fraction of sp³-hybridized carbons (Fsp3) is 0.375. The van der Waals surface area contributed by atoms with Crippen LogP contribution in [0, 0.1) is 17.2 Å². The number of benzene rings is 2. The molecule has 0 saturated carbocycles. The number of carbonyl (C=O) groups is 2. The predicted octanol–water partition coefficient (Wildman–Crippen LogP) is 3.03. The number of hydrogen-bond donors (Lipinski definition) is 1. The van der Waals surface area contributed by atoms with Crippen molar-refractivity contribution in [3.63, 3.8) is 0 Å². The second-order valence-corrected chi connectivity index (χ2v) is 13.3. The molecule has 0 aromatic heterocycles. The van der Waals surface area contributed by atoms with Crippen molar-refractivity contribution in [2.45, 2.75) is 32.7 Å². The Bertz CT molecular complexity index is 887. The van der Waals surface area contributed by atoms with Gasteiger partial charge >= 0.3 is 5.97 Å². The Balaban J connectivity index is 2.13. The second-order valence-electron chi connectivity index (χ2n) is 8.14. The van der Waals surface area contributed by atoms with Gasteiger partial charge in [-0.15, -0.1) is 0 Å². The van der Waals surface area contributed by atoms with Gasteiger partial charge in [0.05, 0.1) is 12.7 Å². The number of rotatable bonds is 10. The van der Waals surface area contributed by atoms with Crippen molar-refractivity contribution < 1.29 is 18.8 Å². The fourth-order valence-corrected chi connectivity index (χ4v) is 8.86. The topological polar surface area (TPSA) is 88.4 Å². The van der Waals surface area contributed by atoms with Crippen LogP contribution < -0.4 is 15.1 Å². The highest BCUT2D eigenvalue weighted by atomic mass is 32.2. The molecule has 1 N–H and O–H groups in total. The number of carbonyl (C=O) groups excluding carboxylic acids is 2. The number of amides is 1. The molecule has 2 rings (SSSR count). The van der Waals surface area contributed by atoms with E-state index >= 15 is 0 Å². The average molecular weight is 471 g/mol. The van der Waals surface area contributed by atoms with Gasteiger partial charge in [-0.2, -0.15) is 5.26 Å². The van der Waals surface area contributed by atoms with Crippen molar-refractivity contribution in [2.24, 2.45) is 5.92 Å². The first kappa shape index (κ1) is 25.7. The van der Waals surface area contributed by atoms with Crippen molar-refractivity contribution >= 4 is 42.5 Å². The van der Waals surface area contributed by atoms with Gasteiger partial charge in [0.25, 0.3) is 14.2 Å². The lowest BCUT2D eigenvalue weighted by Gasteiger charge is -2.43. The Labute approximate surface area is 195 Å². The maximum Gasteiger partial charge on any atom is 0.333 e. The van der Waals surface area contributed by atoms with Crippen molar-refractivity contribution in [3.8, 4) is 6.07 Å². The number of hydrogen-bond acceptors (Lipinski definition) is 6. The monoisotopic (exact) mass is 470 g/mol. The zero-order chi connectivity index (χ0) is 23.6. The molecule has 2 aromatic carbocycles. The van der Waals surface area contributed by atoms with E-state index in [-0.39, 0.29) is 11.6 Å². The van der Waals surface area contributed by atoms with E-state index in [0.717, 1.165) is 11.9 Å². The van der Waals surface area contributed by atoms with Gasteiger partial charge in [-0.05, 0) is 34.3 Å². The van der Waals surface area contributed by atoms with Crippen LogP contribution in [0.4, 0.5) is 0 Å². The molecule has 2 aromatic rings. The summed E-state index contributed by atoms with van der Waals surface area (Å²) in [6.45, 7) is 8.74. The van der Waals surface area contributed by atoms with Crippen molar-refractivity contribution in [3.05, 3.63) is 60.7 Å². The summed E-state index contributed by atoms with van der Waals surface area (Å²) >= 11 is 1.12. The lowest BCUT2D eigenvalue weighted by Crippen LogP contribution is -2.66. The van der Waals surface area contributed by atoms with Crippen LogP contribution in [0.25, 0.3) is 0 Å². The number of nitrogens with one attached hydrogen (secondary N) is 1. The molecule has 170 valence electrons. The molecular weight excluding hydrogens is 440 g/mol. The molecule has 32 heavy (non-hydrogen) atoms. The summed E-state index contributed by atoms with van der Waals surface area (Å²) in [6.07, 6.45) is 0. The third-order valence-corrected chi connectivity index (χ3v) is 10.8. The molecule has 1 unspecified atom stereocenters. The van der Waals surface area contributed by atoms with Crippen LogP contribution in [0.15, 0.2) is 60.7 Å². The largest absolute Gasteiger partial charge is 0.465 e. The Morgan fingerprint density at radius 3 is 2.03 bits per heavy atom. The molecule has 0 fully saturated rings. The van der Waals surface area contributed by atoms with Crippen molar-refractivity contribution in [2.75, 3.05) is 19.0 Å². The summed E-state index contributed by atoms with van der Waals surface area (Å²) in [5.74, 6) is -2.52. The summed E-state index contributed by atoms with van der Waals surface area (Å²) in [5, 5.41) is 11.3. The predicted molar refractivity (Wildman–Crippen MR) is 130 cm³/mol. The number of esters is 1. The SMILES string of the molecule is CCOC(=O)C(C#N)C(=O)NSCCO[Si](c1ccccc1)(c1ccccc1)C(C)(C)C. The number of nitriles is 1. The Morgan fingerprint density at radius 1 is 1.06 bits per heavy atom. The second kappa shape index (κ2) is 11.9. The summed E-state index contributed by atoms with van der Waals surface area (Å²) in [5.41, 5.74) is 0. The van der Waals surface area contributed by atoms with E-state index in [1.807, 2.05) is 36.4 Å². The molecule has 0 radical (unpaired) electrons.